The normalized spacial score (nSPS) is 24.8. The number of nitrogens with one attached hydrogen (secondary N) is 2. The Balaban J connectivity index is 1.55. The van der Waals surface area contributed by atoms with Gasteiger partial charge in [0.05, 0.1) is 0 Å². The number of carbonyl (C=O) groups excluding carboxylic acids is 1. The number of carboxylic acid groups (broad SMARTS) is 1. The number of aliphatic carboxylic acids is 1. The number of hydrogen-bond acceptors (Lipinski definition) is 3. The lowest BCUT2D eigenvalue weighted by Gasteiger charge is -2.50. The van der Waals surface area contributed by atoms with E-state index in [1.165, 1.54) is 24.8 Å². The Morgan fingerprint density at radius 1 is 1.16 bits per heavy atom. The summed E-state index contributed by atoms with van der Waals surface area (Å²) in [5.41, 5.74) is 3.82. The van der Waals surface area contributed by atoms with E-state index < -0.39 is 12.0 Å². The summed E-state index contributed by atoms with van der Waals surface area (Å²) in [6.07, 6.45) is 3.92. The van der Waals surface area contributed by atoms with Gasteiger partial charge >= 0.3 is 5.97 Å². The minimum absolute atomic E-state index is 0.0212. The zero-order valence-corrected chi connectivity index (χ0v) is 18.5. The van der Waals surface area contributed by atoms with E-state index in [-0.39, 0.29) is 17.7 Å². The van der Waals surface area contributed by atoms with Crippen LogP contribution in [-0.4, -0.2) is 29.1 Å². The van der Waals surface area contributed by atoms with Crippen molar-refractivity contribution in [2.24, 2.45) is 11.8 Å². The predicted molar refractivity (Wildman–Crippen MR) is 122 cm³/mol. The second-order valence-electron chi connectivity index (χ2n) is 9.81. The van der Waals surface area contributed by atoms with E-state index >= 15 is 0 Å². The maximum atomic E-state index is 12.5. The molecule has 5 nitrogen and oxygen atoms in total. The Kier molecular flexibility index (Phi) is 5.78. The molecule has 2 aromatic carbocycles. The SMILES string of the molecule is C[C@@H]1CC[C@@H]2[C@@H](C1)Nc1ccc(CC(NC(=O)c3ccccc3)C(=O)O)cc1C2(C)C. The van der Waals surface area contributed by atoms with Crippen LogP contribution in [0.15, 0.2) is 48.5 Å². The van der Waals surface area contributed by atoms with Gasteiger partial charge in [-0.2, -0.15) is 0 Å². The lowest BCUT2D eigenvalue weighted by molar-refractivity contribution is -0.139. The topological polar surface area (TPSA) is 78.4 Å². The van der Waals surface area contributed by atoms with Crippen molar-refractivity contribution in [3.05, 3.63) is 65.2 Å². The van der Waals surface area contributed by atoms with Crippen molar-refractivity contribution < 1.29 is 14.7 Å². The van der Waals surface area contributed by atoms with Crippen LogP contribution in [0.2, 0.25) is 0 Å². The van der Waals surface area contributed by atoms with Crippen LogP contribution < -0.4 is 10.6 Å². The molecule has 4 rings (SSSR count). The molecular weight excluding hydrogens is 388 g/mol. The van der Waals surface area contributed by atoms with Crippen LogP contribution in [0, 0.1) is 11.8 Å². The van der Waals surface area contributed by atoms with Crippen molar-refractivity contribution in [2.75, 3.05) is 5.32 Å². The molecule has 1 aliphatic carbocycles. The van der Waals surface area contributed by atoms with Gasteiger partial charge in [-0.1, -0.05) is 57.5 Å². The van der Waals surface area contributed by atoms with Crippen molar-refractivity contribution in [3.8, 4) is 0 Å². The first-order chi connectivity index (χ1) is 14.8. The van der Waals surface area contributed by atoms with E-state index in [4.69, 9.17) is 0 Å². The van der Waals surface area contributed by atoms with E-state index in [1.54, 1.807) is 24.3 Å². The summed E-state index contributed by atoms with van der Waals surface area (Å²) in [6, 6.07) is 14.4. The highest BCUT2D eigenvalue weighted by Gasteiger charge is 2.44. The van der Waals surface area contributed by atoms with Gasteiger partial charge in [0.25, 0.3) is 5.91 Å². The third-order valence-corrected chi connectivity index (χ3v) is 7.24. The zero-order chi connectivity index (χ0) is 22.2. The van der Waals surface area contributed by atoms with Crippen LogP contribution in [0.25, 0.3) is 0 Å². The summed E-state index contributed by atoms with van der Waals surface area (Å²) < 4.78 is 0. The number of carboxylic acids is 1. The second kappa shape index (κ2) is 8.37. The smallest absolute Gasteiger partial charge is 0.326 e. The zero-order valence-electron chi connectivity index (χ0n) is 18.5. The molecule has 0 bridgehead atoms. The summed E-state index contributed by atoms with van der Waals surface area (Å²) in [5, 5.41) is 16.2. The molecule has 4 atom stereocenters. The molecule has 1 aliphatic heterocycles. The Morgan fingerprint density at radius 3 is 2.61 bits per heavy atom. The quantitative estimate of drug-likeness (QED) is 0.659. The monoisotopic (exact) mass is 420 g/mol. The Morgan fingerprint density at radius 2 is 1.90 bits per heavy atom. The highest BCUT2D eigenvalue weighted by molar-refractivity contribution is 5.96. The molecule has 1 amide bonds. The van der Waals surface area contributed by atoms with Gasteiger partial charge in [0.15, 0.2) is 0 Å². The van der Waals surface area contributed by atoms with E-state index in [9.17, 15) is 14.7 Å². The van der Waals surface area contributed by atoms with E-state index in [0.29, 0.717) is 17.5 Å². The van der Waals surface area contributed by atoms with Crippen LogP contribution in [0.3, 0.4) is 0 Å². The first-order valence-corrected chi connectivity index (χ1v) is 11.2. The van der Waals surface area contributed by atoms with Gasteiger partial charge in [-0.25, -0.2) is 4.79 Å². The van der Waals surface area contributed by atoms with Crippen molar-refractivity contribution >= 4 is 17.6 Å². The van der Waals surface area contributed by atoms with Crippen LogP contribution in [0.4, 0.5) is 5.69 Å². The minimum Gasteiger partial charge on any atom is -0.480 e. The molecule has 164 valence electrons. The summed E-state index contributed by atoms with van der Waals surface area (Å²) in [7, 11) is 0. The maximum Gasteiger partial charge on any atom is 0.326 e. The van der Waals surface area contributed by atoms with E-state index in [0.717, 1.165) is 17.2 Å². The number of carbonyl (C=O) groups is 2. The largest absolute Gasteiger partial charge is 0.480 e. The maximum absolute atomic E-state index is 12.5. The van der Waals surface area contributed by atoms with Crippen molar-refractivity contribution in [1.29, 1.82) is 0 Å². The Labute approximate surface area is 184 Å². The van der Waals surface area contributed by atoms with Gasteiger partial charge in [0.1, 0.15) is 6.04 Å². The van der Waals surface area contributed by atoms with E-state index in [1.807, 2.05) is 12.1 Å². The van der Waals surface area contributed by atoms with Gasteiger partial charge in [-0.05, 0) is 59.4 Å². The molecule has 1 fully saturated rings. The molecule has 0 aromatic heterocycles. The molecule has 3 N–H and O–H groups in total. The molecule has 2 aliphatic rings. The highest BCUT2D eigenvalue weighted by atomic mass is 16.4. The first kappa shape index (κ1) is 21.4. The van der Waals surface area contributed by atoms with Crippen LogP contribution >= 0.6 is 0 Å². The standard InChI is InChI=1S/C26H32N2O3/c1-16-9-11-19-22(13-16)27-21-12-10-17(14-20(21)26(19,2)3)15-23(25(30)31)28-24(29)18-7-5-4-6-8-18/h4-8,10,12,14,16,19,22-23,27H,9,11,13,15H2,1-3H3,(H,28,29)(H,30,31)/t16-,19-,22-,23?/m1/s1. The number of anilines is 1. The van der Waals surface area contributed by atoms with Crippen molar-refractivity contribution in [1.82, 2.24) is 5.32 Å². The molecule has 1 unspecified atom stereocenters. The molecule has 31 heavy (non-hydrogen) atoms. The molecule has 1 heterocycles. The number of fused-ring (bicyclic) bond motifs is 2. The van der Waals surface area contributed by atoms with Crippen LogP contribution in [0.1, 0.15) is 61.5 Å². The van der Waals surface area contributed by atoms with Gasteiger partial charge < -0.3 is 15.7 Å². The highest BCUT2D eigenvalue weighted by Crippen LogP contribution is 2.49. The fourth-order valence-electron chi connectivity index (χ4n) is 5.45. The molecule has 0 spiro atoms. The van der Waals surface area contributed by atoms with Gasteiger partial charge in [0.2, 0.25) is 0 Å². The third-order valence-electron chi connectivity index (χ3n) is 7.24. The number of amides is 1. The molecule has 5 heteroatoms. The summed E-state index contributed by atoms with van der Waals surface area (Å²) in [5.74, 6) is -0.0812. The number of benzene rings is 2. The lowest BCUT2D eigenvalue weighted by Crippen LogP contribution is -2.49. The van der Waals surface area contributed by atoms with Gasteiger partial charge in [-0.3, -0.25) is 4.79 Å². The summed E-state index contributed by atoms with van der Waals surface area (Å²) in [6.45, 7) is 6.96. The number of hydrogen-bond donors (Lipinski definition) is 3. The fraction of sp³-hybridized carbons (Fsp3) is 0.462. The average Bonchev–Trinajstić information content (AvgIpc) is 2.74. The Bertz CT molecular complexity index is 970. The van der Waals surface area contributed by atoms with Crippen molar-refractivity contribution in [2.45, 2.75) is 64.0 Å². The third kappa shape index (κ3) is 4.32. The predicted octanol–water partition coefficient (Wildman–Crippen LogP) is 4.62. The average molecular weight is 421 g/mol. The summed E-state index contributed by atoms with van der Waals surface area (Å²) >= 11 is 0. The van der Waals surface area contributed by atoms with Crippen molar-refractivity contribution in [3.63, 3.8) is 0 Å². The van der Waals surface area contributed by atoms with Crippen LogP contribution in [-0.2, 0) is 16.6 Å². The van der Waals surface area contributed by atoms with Crippen LogP contribution in [0.5, 0.6) is 0 Å². The number of rotatable bonds is 5. The lowest BCUT2D eigenvalue weighted by atomic mass is 9.61. The molecule has 2 aromatic rings. The molecular formula is C26H32N2O3. The van der Waals surface area contributed by atoms with E-state index in [2.05, 4.69) is 43.5 Å². The molecule has 1 saturated carbocycles. The second-order valence-corrected chi connectivity index (χ2v) is 9.81. The first-order valence-electron chi connectivity index (χ1n) is 11.2. The summed E-state index contributed by atoms with van der Waals surface area (Å²) in [4.78, 5) is 24.4. The fourth-order valence-corrected chi connectivity index (χ4v) is 5.45. The van der Waals surface area contributed by atoms with Gasteiger partial charge in [0, 0.05) is 23.7 Å². The molecule has 0 saturated heterocycles. The molecule has 0 radical (unpaired) electrons. The minimum atomic E-state index is -1.03. The Hall–Kier alpha value is -2.82. The van der Waals surface area contributed by atoms with Gasteiger partial charge in [-0.15, -0.1) is 0 Å².